The Morgan fingerprint density at radius 2 is 2.36 bits per heavy atom. The fraction of sp³-hybridized carbons (Fsp3) is 0.900. The van der Waals surface area contributed by atoms with Crippen LogP contribution in [0.1, 0.15) is 19.3 Å². The zero-order valence-electron chi connectivity index (χ0n) is 9.18. The summed E-state index contributed by atoms with van der Waals surface area (Å²) in [6.45, 7) is 2.70. The van der Waals surface area contributed by atoms with E-state index in [-0.39, 0.29) is 11.9 Å². The summed E-state index contributed by atoms with van der Waals surface area (Å²) in [5, 5.41) is 6.05. The molecule has 1 saturated heterocycles. The predicted molar refractivity (Wildman–Crippen MR) is 57.2 cm³/mol. The Morgan fingerprint density at radius 1 is 1.57 bits per heavy atom. The standard InChI is InChI=1S/C10H21N3O/c1-11-7-8-13(2)9-5-3-4-6-12-10(9)14/h9,11H,3-8H2,1-2H3,(H,12,14). The van der Waals surface area contributed by atoms with E-state index in [0.717, 1.165) is 38.9 Å². The number of carbonyl (C=O) groups excluding carboxylic acids is 1. The van der Waals surface area contributed by atoms with Crippen LogP contribution in [-0.2, 0) is 4.79 Å². The summed E-state index contributed by atoms with van der Waals surface area (Å²) >= 11 is 0. The smallest absolute Gasteiger partial charge is 0.237 e. The fourth-order valence-corrected chi connectivity index (χ4v) is 1.79. The number of hydrogen-bond donors (Lipinski definition) is 2. The summed E-state index contributed by atoms with van der Waals surface area (Å²) in [5.41, 5.74) is 0. The zero-order valence-corrected chi connectivity index (χ0v) is 9.18. The first-order valence-corrected chi connectivity index (χ1v) is 5.38. The third kappa shape index (κ3) is 3.27. The topological polar surface area (TPSA) is 44.4 Å². The van der Waals surface area contributed by atoms with Gasteiger partial charge in [-0.05, 0) is 33.4 Å². The summed E-state index contributed by atoms with van der Waals surface area (Å²) in [4.78, 5) is 13.8. The minimum Gasteiger partial charge on any atom is -0.355 e. The Kier molecular flexibility index (Phi) is 4.90. The highest BCUT2D eigenvalue weighted by Crippen LogP contribution is 2.10. The Hall–Kier alpha value is -0.610. The van der Waals surface area contributed by atoms with E-state index in [0.29, 0.717) is 0 Å². The van der Waals surface area contributed by atoms with E-state index in [2.05, 4.69) is 15.5 Å². The van der Waals surface area contributed by atoms with E-state index in [4.69, 9.17) is 0 Å². The Morgan fingerprint density at radius 3 is 3.07 bits per heavy atom. The number of rotatable bonds is 4. The molecule has 0 saturated carbocycles. The van der Waals surface area contributed by atoms with Crippen LogP contribution in [0.15, 0.2) is 0 Å². The van der Waals surface area contributed by atoms with Gasteiger partial charge >= 0.3 is 0 Å². The molecule has 0 bridgehead atoms. The molecule has 0 aromatic carbocycles. The SMILES string of the molecule is CNCCN(C)C1CCCCNC1=O. The maximum Gasteiger partial charge on any atom is 0.237 e. The first-order chi connectivity index (χ1) is 6.75. The molecule has 1 amide bonds. The molecule has 0 radical (unpaired) electrons. The van der Waals surface area contributed by atoms with Gasteiger partial charge in [0.1, 0.15) is 0 Å². The van der Waals surface area contributed by atoms with Crippen LogP contribution >= 0.6 is 0 Å². The van der Waals surface area contributed by atoms with Crippen LogP contribution in [0, 0.1) is 0 Å². The molecule has 2 N–H and O–H groups in total. The van der Waals surface area contributed by atoms with Crippen LogP contribution in [0.25, 0.3) is 0 Å². The molecule has 4 heteroatoms. The second-order valence-electron chi connectivity index (χ2n) is 3.89. The van der Waals surface area contributed by atoms with Crippen molar-refractivity contribution in [2.75, 3.05) is 33.7 Å². The third-order valence-corrected chi connectivity index (χ3v) is 2.75. The van der Waals surface area contributed by atoms with Gasteiger partial charge in [0.05, 0.1) is 6.04 Å². The van der Waals surface area contributed by atoms with Crippen LogP contribution in [0.4, 0.5) is 0 Å². The van der Waals surface area contributed by atoms with Crippen molar-refractivity contribution in [3.63, 3.8) is 0 Å². The van der Waals surface area contributed by atoms with E-state index >= 15 is 0 Å². The first kappa shape index (κ1) is 11.5. The molecule has 0 aliphatic carbocycles. The lowest BCUT2D eigenvalue weighted by Crippen LogP contribution is -2.45. The van der Waals surface area contributed by atoms with Gasteiger partial charge in [0, 0.05) is 19.6 Å². The van der Waals surface area contributed by atoms with Crippen LogP contribution < -0.4 is 10.6 Å². The molecule has 0 spiro atoms. The zero-order chi connectivity index (χ0) is 10.4. The lowest BCUT2D eigenvalue weighted by Gasteiger charge is -2.25. The maximum atomic E-state index is 11.6. The van der Waals surface area contributed by atoms with Gasteiger partial charge < -0.3 is 10.6 Å². The van der Waals surface area contributed by atoms with Gasteiger partial charge in [-0.2, -0.15) is 0 Å². The average Bonchev–Trinajstić information content (AvgIpc) is 2.39. The molecule has 1 aliphatic heterocycles. The predicted octanol–water partition coefficient (Wildman–Crippen LogP) is -0.194. The Balaban J connectivity index is 2.41. The number of amides is 1. The van der Waals surface area contributed by atoms with Crippen molar-refractivity contribution in [1.82, 2.24) is 15.5 Å². The van der Waals surface area contributed by atoms with Crippen molar-refractivity contribution < 1.29 is 4.79 Å². The van der Waals surface area contributed by atoms with Crippen molar-refractivity contribution >= 4 is 5.91 Å². The molecular weight excluding hydrogens is 178 g/mol. The van der Waals surface area contributed by atoms with Crippen LogP contribution in [0.2, 0.25) is 0 Å². The lowest BCUT2D eigenvalue weighted by molar-refractivity contribution is -0.125. The second kappa shape index (κ2) is 5.98. The molecule has 14 heavy (non-hydrogen) atoms. The monoisotopic (exact) mass is 199 g/mol. The molecule has 1 heterocycles. The van der Waals surface area contributed by atoms with Gasteiger partial charge in [-0.3, -0.25) is 9.69 Å². The number of nitrogens with zero attached hydrogens (tertiary/aromatic N) is 1. The van der Waals surface area contributed by atoms with Gasteiger partial charge in [-0.1, -0.05) is 0 Å². The minimum absolute atomic E-state index is 0.0749. The lowest BCUT2D eigenvalue weighted by atomic mass is 10.1. The molecule has 0 aromatic rings. The normalized spacial score (nSPS) is 23.4. The average molecular weight is 199 g/mol. The van der Waals surface area contributed by atoms with Crippen molar-refractivity contribution in [3.05, 3.63) is 0 Å². The van der Waals surface area contributed by atoms with Crippen molar-refractivity contribution in [2.45, 2.75) is 25.3 Å². The molecule has 82 valence electrons. The highest BCUT2D eigenvalue weighted by molar-refractivity contribution is 5.81. The van der Waals surface area contributed by atoms with Gasteiger partial charge in [0.15, 0.2) is 0 Å². The van der Waals surface area contributed by atoms with Crippen molar-refractivity contribution in [1.29, 1.82) is 0 Å². The molecule has 1 unspecified atom stereocenters. The Labute approximate surface area is 86.0 Å². The molecule has 1 aliphatic rings. The number of nitrogens with one attached hydrogen (secondary N) is 2. The van der Waals surface area contributed by atoms with E-state index < -0.39 is 0 Å². The quantitative estimate of drug-likeness (QED) is 0.659. The first-order valence-electron chi connectivity index (χ1n) is 5.38. The molecule has 1 atom stereocenters. The Bertz CT molecular complexity index is 184. The summed E-state index contributed by atoms with van der Waals surface area (Å²) in [6, 6.07) is 0.0749. The largest absolute Gasteiger partial charge is 0.355 e. The maximum absolute atomic E-state index is 11.6. The highest BCUT2D eigenvalue weighted by Gasteiger charge is 2.23. The molecule has 1 fully saturated rings. The molecular formula is C10H21N3O. The number of carbonyl (C=O) groups is 1. The molecule has 0 aromatic heterocycles. The summed E-state index contributed by atoms with van der Waals surface area (Å²) in [5.74, 6) is 0.195. The van der Waals surface area contributed by atoms with E-state index in [1.807, 2.05) is 14.1 Å². The summed E-state index contributed by atoms with van der Waals surface area (Å²) in [7, 11) is 3.95. The highest BCUT2D eigenvalue weighted by atomic mass is 16.2. The van der Waals surface area contributed by atoms with Gasteiger partial charge in [-0.25, -0.2) is 0 Å². The number of hydrogen-bond acceptors (Lipinski definition) is 3. The van der Waals surface area contributed by atoms with Crippen LogP contribution in [-0.4, -0.2) is 50.6 Å². The minimum atomic E-state index is 0.0749. The van der Waals surface area contributed by atoms with Crippen molar-refractivity contribution in [2.24, 2.45) is 0 Å². The molecule has 1 rings (SSSR count). The van der Waals surface area contributed by atoms with Crippen LogP contribution in [0.3, 0.4) is 0 Å². The van der Waals surface area contributed by atoms with Gasteiger partial charge in [0.25, 0.3) is 0 Å². The number of likely N-dealkylation sites (N-methyl/N-ethyl adjacent to an activating group) is 2. The van der Waals surface area contributed by atoms with Crippen LogP contribution in [0.5, 0.6) is 0 Å². The van der Waals surface area contributed by atoms with E-state index in [9.17, 15) is 4.79 Å². The van der Waals surface area contributed by atoms with Crippen molar-refractivity contribution in [3.8, 4) is 0 Å². The van der Waals surface area contributed by atoms with E-state index in [1.165, 1.54) is 0 Å². The second-order valence-corrected chi connectivity index (χ2v) is 3.89. The molecule has 4 nitrogen and oxygen atoms in total. The van der Waals surface area contributed by atoms with Gasteiger partial charge in [0.2, 0.25) is 5.91 Å². The fourth-order valence-electron chi connectivity index (χ4n) is 1.79. The van der Waals surface area contributed by atoms with E-state index in [1.54, 1.807) is 0 Å². The summed E-state index contributed by atoms with van der Waals surface area (Å²) < 4.78 is 0. The third-order valence-electron chi connectivity index (χ3n) is 2.75. The van der Waals surface area contributed by atoms with Gasteiger partial charge in [-0.15, -0.1) is 0 Å². The summed E-state index contributed by atoms with van der Waals surface area (Å²) in [6.07, 6.45) is 3.25.